The molecule has 4 aromatic rings. The summed E-state index contributed by atoms with van der Waals surface area (Å²) in [7, 11) is 1.49. The van der Waals surface area contributed by atoms with Gasteiger partial charge < -0.3 is 10.1 Å². The summed E-state index contributed by atoms with van der Waals surface area (Å²) in [5.74, 6) is -0.222. The minimum absolute atomic E-state index is 0.0778. The maximum absolute atomic E-state index is 13.4. The predicted octanol–water partition coefficient (Wildman–Crippen LogP) is 5.73. The Hall–Kier alpha value is -4.67. The zero-order chi connectivity index (χ0) is 25.2. The Kier molecular flexibility index (Phi) is 6.24. The van der Waals surface area contributed by atoms with Gasteiger partial charge in [0.2, 0.25) is 0 Å². The van der Waals surface area contributed by atoms with Gasteiger partial charge in [0.05, 0.1) is 23.3 Å². The molecule has 178 valence electrons. The number of benzene rings is 3. The second-order valence-corrected chi connectivity index (χ2v) is 7.34. The van der Waals surface area contributed by atoms with E-state index in [9.17, 15) is 28.1 Å². The summed E-state index contributed by atoms with van der Waals surface area (Å²) in [5.41, 5.74) is -1.28. The number of methoxy groups -OCH3 is 1. The van der Waals surface area contributed by atoms with Crippen LogP contribution in [0.4, 0.5) is 24.5 Å². The lowest BCUT2D eigenvalue weighted by molar-refractivity contribution is -0.388. The number of nitrogens with zero attached hydrogens (tertiary/aromatic N) is 3. The van der Waals surface area contributed by atoms with Gasteiger partial charge in [-0.2, -0.15) is 18.3 Å². The maximum Gasteiger partial charge on any atom is 0.423 e. The molecular weight excluding hydrogens is 465 g/mol. The lowest BCUT2D eigenvalue weighted by Gasteiger charge is -2.11. The number of aromatic nitrogens is 2. The molecule has 1 amide bonds. The topological polar surface area (TPSA) is 99.3 Å². The molecule has 0 saturated carbocycles. The Morgan fingerprint density at radius 3 is 2.46 bits per heavy atom. The minimum Gasteiger partial charge on any atom is -0.497 e. The minimum atomic E-state index is -4.98. The van der Waals surface area contributed by atoms with Gasteiger partial charge in [0.1, 0.15) is 17.0 Å². The van der Waals surface area contributed by atoms with E-state index in [2.05, 4.69) is 10.4 Å². The van der Waals surface area contributed by atoms with Crippen LogP contribution >= 0.6 is 0 Å². The SMILES string of the molecule is COc1cccc(-c2nn(-c3ccccc3)cc2C(=O)Nc2ccc([N+](=O)[O-])c(C(F)(F)F)c2)c1. The molecule has 1 N–H and O–H groups in total. The molecule has 0 saturated heterocycles. The van der Waals surface area contributed by atoms with Crippen molar-refractivity contribution in [1.29, 1.82) is 0 Å². The molecule has 0 aliphatic carbocycles. The van der Waals surface area contributed by atoms with E-state index < -0.39 is 28.3 Å². The first-order chi connectivity index (χ1) is 16.7. The van der Waals surface area contributed by atoms with Crippen molar-refractivity contribution >= 4 is 17.3 Å². The fourth-order valence-electron chi connectivity index (χ4n) is 3.44. The van der Waals surface area contributed by atoms with Crippen LogP contribution < -0.4 is 10.1 Å². The first kappa shape index (κ1) is 23.5. The summed E-state index contributed by atoms with van der Waals surface area (Å²) < 4.78 is 46.8. The highest BCUT2D eigenvalue weighted by Gasteiger charge is 2.38. The van der Waals surface area contributed by atoms with Gasteiger partial charge in [-0.15, -0.1) is 0 Å². The van der Waals surface area contributed by atoms with Crippen LogP contribution in [-0.2, 0) is 6.18 Å². The quantitative estimate of drug-likeness (QED) is 0.280. The number of nitro groups is 1. The van der Waals surface area contributed by atoms with Crippen LogP contribution in [0, 0.1) is 10.1 Å². The van der Waals surface area contributed by atoms with Gasteiger partial charge >= 0.3 is 6.18 Å². The number of rotatable bonds is 6. The summed E-state index contributed by atoms with van der Waals surface area (Å²) in [6.07, 6.45) is -3.53. The number of amides is 1. The highest BCUT2D eigenvalue weighted by atomic mass is 19.4. The summed E-state index contributed by atoms with van der Waals surface area (Å²) in [4.78, 5) is 23.1. The van der Waals surface area contributed by atoms with E-state index in [1.165, 1.54) is 18.0 Å². The molecule has 1 heterocycles. The van der Waals surface area contributed by atoms with Crippen LogP contribution in [0.15, 0.2) is 79.0 Å². The molecular formula is C24H17F3N4O4. The van der Waals surface area contributed by atoms with E-state index in [0.717, 1.165) is 6.07 Å². The van der Waals surface area contributed by atoms with Crippen molar-refractivity contribution in [2.45, 2.75) is 6.18 Å². The number of carbonyl (C=O) groups excluding carboxylic acids is 1. The molecule has 35 heavy (non-hydrogen) atoms. The van der Waals surface area contributed by atoms with Crippen molar-refractivity contribution in [3.8, 4) is 22.7 Å². The number of carbonyl (C=O) groups is 1. The van der Waals surface area contributed by atoms with Gasteiger partial charge in [0.25, 0.3) is 11.6 Å². The molecule has 11 heteroatoms. The second kappa shape index (κ2) is 9.29. The molecule has 0 aliphatic heterocycles. The molecule has 0 bridgehead atoms. The van der Waals surface area contributed by atoms with Crippen LogP contribution in [0.2, 0.25) is 0 Å². The third kappa shape index (κ3) is 4.98. The van der Waals surface area contributed by atoms with Gasteiger partial charge in [0.15, 0.2) is 0 Å². The molecule has 1 aromatic heterocycles. The number of nitro benzene ring substituents is 1. The Morgan fingerprint density at radius 1 is 1.06 bits per heavy atom. The molecule has 8 nitrogen and oxygen atoms in total. The van der Waals surface area contributed by atoms with Gasteiger partial charge in [-0.25, -0.2) is 4.68 Å². The number of halogens is 3. The lowest BCUT2D eigenvalue weighted by atomic mass is 10.1. The molecule has 4 rings (SSSR count). The first-order valence-corrected chi connectivity index (χ1v) is 10.1. The van der Waals surface area contributed by atoms with Crippen LogP contribution in [0.3, 0.4) is 0 Å². The summed E-state index contributed by atoms with van der Waals surface area (Å²) >= 11 is 0. The van der Waals surface area contributed by atoms with E-state index in [-0.39, 0.29) is 16.9 Å². The van der Waals surface area contributed by atoms with Crippen LogP contribution in [-0.4, -0.2) is 27.7 Å². The average molecular weight is 482 g/mol. The monoisotopic (exact) mass is 482 g/mol. The van der Waals surface area contributed by atoms with Crippen molar-refractivity contribution in [2.75, 3.05) is 12.4 Å². The highest BCUT2D eigenvalue weighted by Crippen LogP contribution is 2.38. The van der Waals surface area contributed by atoms with Crippen molar-refractivity contribution in [3.63, 3.8) is 0 Å². The van der Waals surface area contributed by atoms with Crippen molar-refractivity contribution in [1.82, 2.24) is 9.78 Å². The Balaban J connectivity index is 1.77. The number of nitrogens with one attached hydrogen (secondary N) is 1. The normalized spacial score (nSPS) is 11.2. The van der Waals surface area contributed by atoms with E-state index in [1.54, 1.807) is 48.5 Å². The van der Waals surface area contributed by atoms with Crippen LogP contribution in [0.5, 0.6) is 5.75 Å². The third-order valence-electron chi connectivity index (χ3n) is 5.08. The predicted molar refractivity (Wildman–Crippen MR) is 122 cm³/mol. The summed E-state index contributed by atoms with van der Waals surface area (Å²) in [6, 6.07) is 18.0. The van der Waals surface area contributed by atoms with Gasteiger partial charge in [-0.1, -0.05) is 30.3 Å². The number of alkyl halides is 3. The molecule has 0 aliphatic rings. The number of ether oxygens (including phenoxy) is 1. The van der Waals surface area contributed by atoms with Gasteiger partial charge in [0, 0.05) is 23.5 Å². The number of para-hydroxylation sites is 1. The number of anilines is 1. The van der Waals surface area contributed by atoms with Crippen molar-refractivity contribution in [3.05, 3.63) is 100 Å². The molecule has 0 spiro atoms. The number of hydrogen-bond acceptors (Lipinski definition) is 5. The lowest BCUT2D eigenvalue weighted by Crippen LogP contribution is -2.14. The first-order valence-electron chi connectivity index (χ1n) is 10.1. The summed E-state index contributed by atoms with van der Waals surface area (Å²) in [5, 5.41) is 17.9. The third-order valence-corrected chi connectivity index (χ3v) is 5.08. The van der Waals surface area contributed by atoms with Crippen molar-refractivity contribution < 1.29 is 27.6 Å². The molecule has 0 atom stereocenters. The number of hydrogen-bond donors (Lipinski definition) is 1. The molecule has 0 radical (unpaired) electrons. The average Bonchev–Trinajstić information content (AvgIpc) is 3.30. The Bertz CT molecular complexity index is 1400. The Labute approximate surface area is 196 Å². The molecule has 0 fully saturated rings. The van der Waals surface area contributed by atoms with Crippen molar-refractivity contribution in [2.24, 2.45) is 0 Å². The second-order valence-electron chi connectivity index (χ2n) is 7.34. The fourth-order valence-corrected chi connectivity index (χ4v) is 3.44. The standard InChI is InChI=1S/C24H17F3N4O4/c1-35-18-9-5-6-15(12-18)22-19(14-30(29-22)17-7-3-2-4-8-17)23(32)28-16-10-11-21(31(33)34)20(13-16)24(25,26)27/h2-14H,1H3,(H,28,32). The van der Waals surface area contributed by atoms with Crippen LogP contribution in [0.25, 0.3) is 16.9 Å². The Morgan fingerprint density at radius 2 is 1.80 bits per heavy atom. The van der Waals surface area contributed by atoms with E-state index >= 15 is 0 Å². The van der Waals surface area contributed by atoms with E-state index in [0.29, 0.717) is 29.1 Å². The van der Waals surface area contributed by atoms with Gasteiger partial charge in [-0.05, 0) is 36.4 Å². The molecule has 0 unspecified atom stereocenters. The zero-order valence-corrected chi connectivity index (χ0v) is 18.1. The van der Waals surface area contributed by atoms with E-state index in [4.69, 9.17) is 4.74 Å². The largest absolute Gasteiger partial charge is 0.497 e. The van der Waals surface area contributed by atoms with E-state index in [1.807, 2.05) is 6.07 Å². The fraction of sp³-hybridized carbons (Fsp3) is 0.0833. The highest BCUT2D eigenvalue weighted by molar-refractivity contribution is 6.08. The van der Waals surface area contributed by atoms with Crippen LogP contribution in [0.1, 0.15) is 15.9 Å². The smallest absolute Gasteiger partial charge is 0.423 e. The zero-order valence-electron chi connectivity index (χ0n) is 18.1. The molecule has 3 aromatic carbocycles. The summed E-state index contributed by atoms with van der Waals surface area (Å²) in [6.45, 7) is 0. The maximum atomic E-state index is 13.4. The van der Waals surface area contributed by atoms with Gasteiger partial charge in [-0.3, -0.25) is 14.9 Å².